The van der Waals surface area contributed by atoms with E-state index in [9.17, 15) is 9.59 Å². The predicted molar refractivity (Wildman–Crippen MR) is 111 cm³/mol. The number of hydrogen-bond donors (Lipinski definition) is 2. The number of fused-ring (bicyclic) bond motifs is 1. The number of hydrogen-bond acceptors (Lipinski definition) is 7. The van der Waals surface area contributed by atoms with Crippen molar-refractivity contribution in [2.45, 2.75) is 51.6 Å². The lowest BCUT2D eigenvalue weighted by Crippen LogP contribution is -3.11. The third-order valence-electron chi connectivity index (χ3n) is 5.00. The molecule has 1 amide bonds. The number of amides is 1. The standard InChI is InChI=1S/C18H26N6O2S2/c1-4-23(5-2)9-10-24-14-8-6-7-13(14)16(20-18(24)26)27-11-15(25)19-17-22-21-12(3)28-17/h4-11H2,1-3H3,(H,19,22,25)/p+1. The molecule has 0 unspecified atom stereocenters. The van der Waals surface area contributed by atoms with E-state index in [1.165, 1.54) is 28.0 Å². The van der Waals surface area contributed by atoms with Crippen molar-refractivity contribution in [1.29, 1.82) is 0 Å². The van der Waals surface area contributed by atoms with Crippen molar-refractivity contribution in [2.75, 3.05) is 30.7 Å². The molecule has 1 aliphatic rings. The van der Waals surface area contributed by atoms with Gasteiger partial charge in [-0.05, 0) is 40.0 Å². The highest BCUT2D eigenvalue weighted by Crippen LogP contribution is 2.29. The van der Waals surface area contributed by atoms with Crippen LogP contribution in [-0.2, 0) is 24.2 Å². The number of anilines is 1. The minimum absolute atomic E-state index is 0.163. The van der Waals surface area contributed by atoms with Gasteiger partial charge in [0.2, 0.25) is 11.0 Å². The van der Waals surface area contributed by atoms with Crippen molar-refractivity contribution in [2.24, 2.45) is 0 Å². The quantitative estimate of drug-likeness (QED) is 0.452. The summed E-state index contributed by atoms with van der Waals surface area (Å²) in [6, 6.07) is 0. The van der Waals surface area contributed by atoms with E-state index in [0.29, 0.717) is 16.7 Å². The average Bonchev–Trinajstić information content (AvgIpc) is 3.31. The Hall–Kier alpha value is -1.78. The number of nitrogens with zero attached hydrogens (tertiary/aromatic N) is 4. The van der Waals surface area contributed by atoms with Gasteiger partial charge in [0.25, 0.3) is 0 Å². The minimum Gasteiger partial charge on any atom is -0.334 e. The Kier molecular flexibility index (Phi) is 7.19. The van der Waals surface area contributed by atoms with Crippen LogP contribution in [0.5, 0.6) is 0 Å². The highest BCUT2D eigenvalue weighted by atomic mass is 32.2. The number of rotatable bonds is 9. The van der Waals surface area contributed by atoms with Crippen molar-refractivity contribution < 1.29 is 9.69 Å². The number of carbonyl (C=O) groups excluding carboxylic acids is 1. The van der Waals surface area contributed by atoms with Gasteiger partial charge >= 0.3 is 5.69 Å². The zero-order valence-electron chi connectivity index (χ0n) is 16.6. The smallest absolute Gasteiger partial charge is 0.334 e. The Labute approximate surface area is 172 Å². The molecular formula is C18H27N6O2S2+. The summed E-state index contributed by atoms with van der Waals surface area (Å²) >= 11 is 2.67. The lowest BCUT2D eigenvalue weighted by molar-refractivity contribution is -0.897. The molecule has 2 aromatic rings. The Morgan fingerprint density at radius 3 is 2.75 bits per heavy atom. The van der Waals surface area contributed by atoms with Gasteiger partial charge in [-0.3, -0.25) is 14.7 Å². The van der Waals surface area contributed by atoms with Crippen LogP contribution >= 0.6 is 23.1 Å². The maximum atomic E-state index is 12.6. The van der Waals surface area contributed by atoms with E-state index in [1.807, 2.05) is 11.5 Å². The summed E-state index contributed by atoms with van der Waals surface area (Å²) in [5.74, 6) is 0.0366. The van der Waals surface area contributed by atoms with Crippen LogP contribution in [-0.4, -0.2) is 51.0 Å². The number of carbonyl (C=O) groups is 1. The first kappa shape index (κ1) is 20.9. The normalized spacial score (nSPS) is 13.1. The zero-order valence-corrected chi connectivity index (χ0v) is 18.2. The maximum absolute atomic E-state index is 12.6. The zero-order chi connectivity index (χ0) is 20.1. The van der Waals surface area contributed by atoms with Gasteiger partial charge in [0.15, 0.2) is 0 Å². The topological polar surface area (TPSA) is 94.2 Å². The lowest BCUT2D eigenvalue weighted by Gasteiger charge is -2.18. The Bertz CT molecular complexity index is 891. The molecule has 0 fully saturated rings. The summed E-state index contributed by atoms with van der Waals surface area (Å²) in [4.78, 5) is 30.6. The maximum Gasteiger partial charge on any atom is 0.349 e. The second kappa shape index (κ2) is 9.62. The van der Waals surface area contributed by atoms with E-state index in [4.69, 9.17) is 0 Å². The van der Waals surface area contributed by atoms with E-state index < -0.39 is 0 Å². The van der Waals surface area contributed by atoms with E-state index in [-0.39, 0.29) is 17.3 Å². The Morgan fingerprint density at radius 1 is 1.29 bits per heavy atom. The largest absolute Gasteiger partial charge is 0.349 e. The monoisotopic (exact) mass is 423 g/mol. The summed E-state index contributed by atoms with van der Waals surface area (Å²) in [6.45, 7) is 9.91. The van der Waals surface area contributed by atoms with Gasteiger partial charge in [0.1, 0.15) is 10.0 Å². The van der Waals surface area contributed by atoms with Crippen molar-refractivity contribution in [1.82, 2.24) is 19.7 Å². The van der Waals surface area contributed by atoms with Crippen molar-refractivity contribution in [3.05, 3.63) is 26.7 Å². The number of aromatic nitrogens is 4. The minimum atomic E-state index is -0.199. The SMILES string of the molecule is CC[NH+](CC)CCn1c2c(c(SCC(=O)Nc3nnc(C)s3)nc1=O)CCC2. The highest BCUT2D eigenvalue weighted by molar-refractivity contribution is 8.00. The van der Waals surface area contributed by atoms with E-state index in [2.05, 4.69) is 34.3 Å². The molecule has 2 aromatic heterocycles. The molecule has 0 saturated carbocycles. The summed E-state index contributed by atoms with van der Waals surface area (Å²) in [5.41, 5.74) is 2.04. The van der Waals surface area contributed by atoms with Crippen LogP contribution in [0.1, 0.15) is 36.5 Å². The number of quaternary nitrogens is 1. The van der Waals surface area contributed by atoms with Crippen LogP contribution < -0.4 is 15.9 Å². The molecule has 0 bridgehead atoms. The fourth-order valence-electron chi connectivity index (χ4n) is 3.45. The summed E-state index contributed by atoms with van der Waals surface area (Å²) in [6.07, 6.45) is 2.85. The van der Waals surface area contributed by atoms with Crippen molar-refractivity contribution in [3.8, 4) is 0 Å². The molecule has 0 aromatic carbocycles. The Morgan fingerprint density at radius 2 is 2.07 bits per heavy atom. The van der Waals surface area contributed by atoms with Gasteiger partial charge < -0.3 is 4.90 Å². The van der Waals surface area contributed by atoms with Crippen molar-refractivity contribution >= 4 is 34.1 Å². The summed E-state index contributed by atoms with van der Waals surface area (Å²) in [7, 11) is 0. The second-order valence-electron chi connectivity index (χ2n) is 6.80. The van der Waals surface area contributed by atoms with Crippen LogP contribution in [0.2, 0.25) is 0 Å². The number of likely N-dealkylation sites (N-methyl/N-ethyl adjacent to an activating group) is 1. The van der Waals surface area contributed by atoms with Crippen LogP contribution in [0.4, 0.5) is 5.13 Å². The molecule has 2 heterocycles. The molecule has 0 atom stereocenters. The first-order valence-corrected chi connectivity index (χ1v) is 11.5. The van der Waals surface area contributed by atoms with Gasteiger partial charge in [-0.1, -0.05) is 23.1 Å². The number of thioether (sulfide) groups is 1. The van der Waals surface area contributed by atoms with Gasteiger partial charge in [0, 0.05) is 11.3 Å². The predicted octanol–water partition coefficient (Wildman–Crippen LogP) is 0.547. The Balaban J connectivity index is 1.69. The lowest BCUT2D eigenvalue weighted by atomic mass is 10.2. The molecule has 28 heavy (non-hydrogen) atoms. The van der Waals surface area contributed by atoms with Gasteiger partial charge in [-0.2, -0.15) is 4.98 Å². The molecule has 8 nitrogen and oxygen atoms in total. The molecule has 2 N–H and O–H groups in total. The van der Waals surface area contributed by atoms with Gasteiger partial charge in [-0.15, -0.1) is 10.2 Å². The summed E-state index contributed by atoms with van der Waals surface area (Å²) < 4.78 is 1.85. The van der Waals surface area contributed by atoms with Gasteiger partial charge in [0.05, 0.1) is 31.9 Å². The van der Waals surface area contributed by atoms with Crippen LogP contribution in [0.15, 0.2) is 9.82 Å². The molecule has 0 radical (unpaired) electrons. The first-order valence-electron chi connectivity index (χ1n) is 9.70. The molecule has 152 valence electrons. The number of aryl methyl sites for hydroxylation is 1. The van der Waals surface area contributed by atoms with E-state index >= 15 is 0 Å². The molecule has 3 rings (SSSR count). The second-order valence-corrected chi connectivity index (χ2v) is 8.95. The molecule has 10 heteroatoms. The fourth-order valence-corrected chi connectivity index (χ4v) is 4.93. The third kappa shape index (κ3) is 4.98. The molecule has 0 saturated heterocycles. The summed E-state index contributed by atoms with van der Waals surface area (Å²) in [5, 5.41) is 12.5. The molecular weight excluding hydrogens is 396 g/mol. The molecule has 1 aliphatic carbocycles. The van der Waals surface area contributed by atoms with Crippen LogP contribution in [0.25, 0.3) is 0 Å². The van der Waals surface area contributed by atoms with Crippen LogP contribution in [0.3, 0.4) is 0 Å². The first-order chi connectivity index (χ1) is 13.5. The van der Waals surface area contributed by atoms with Gasteiger partial charge in [-0.25, -0.2) is 4.79 Å². The van der Waals surface area contributed by atoms with Crippen molar-refractivity contribution in [3.63, 3.8) is 0 Å². The van der Waals surface area contributed by atoms with Crippen LogP contribution in [0, 0.1) is 6.92 Å². The number of nitrogens with one attached hydrogen (secondary N) is 2. The highest BCUT2D eigenvalue weighted by Gasteiger charge is 2.23. The van der Waals surface area contributed by atoms with E-state index in [1.54, 1.807) is 0 Å². The van der Waals surface area contributed by atoms with E-state index in [0.717, 1.165) is 55.2 Å². The third-order valence-corrected chi connectivity index (χ3v) is 6.77. The fraction of sp³-hybridized carbons (Fsp3) is 0.611. The average molecular weight is 424 g/mol. The molecule has 0 aliphatic heterocycles. The molecule has 0 spiro atoms.